The van der Waals surface area contributed by atoms with Crippen LogP contribution in [0.25, 0.3) is 0 Å². The van der Waals surface area contributed by atoms with Gasteiger partial charge in [0.1, 0.15) is 5.60 Å². The van der Waals surface area contributed by atoms with Crippen molar-refractivity contribution in [1.29, 1.82) is 0 Å². The van der Waals surface area contributed by atoms with E-state index < -0.39 is 17.8 Å². The first kappa shape index (κ1) is 12.8. The number of hydrogen-bond acceptors (Lipinski definition) is 4. The van der Waals surface area contributed by atoms with Gasteiger partial charge in [-0.3, -0.25) is 0 Å². The van der Waals surface area contributed by atoms with Crippen LogP contribution in [0.5, 0.6) is 0 Å². The fourth-order valence-corrected chi connectivity index (χ4v) is 1.55. The number of hydrogen-bond donors (Lipinski definition) is 2. The number of nitrogens with zero attached hydrogens (tertiary/aromatic N) is 1. The van der Waals surface area contributed by atoms with Gasteiger partial charge in [0, 0.05) is 6.54 Å². The molecule has 0 aromatic rings. The second-order valence-electron chi connectivity index (χ2n) is 4.78. The van der Waals surface area contributed by atoms with Gasteiger partial charge >= 0.3 is 12.2 Å². The highest BCUT2D eigenvalue weighted by Gasteiger charge is 2.34. The van der Waals surface area contributed by atoms with Crippen molar-refractivity contribution in [3.05, 3.63) is 0 Å². The standard InChI is InChI=1S/C10H18N2O4/c1-10(2,3)16-9(15)12(8(13)14)7-4-5-11-6-7/h7,11H,4-6H2,1-3H3,(H,13,14)/t7-/m1/s1. The molecule has 1 fully saturated rings. The quantitative estimate of drug-likeness (QED) is 0.709. The van der Waals surface area contributed by atoms with Gasteiger partial charge in [-0.15, -0.1) is 0 Å². The lowest BCUT2D eigenvalue weighted by Gasteiger charge is -2.27. The summed E-state index contributed by atoms with van der Waals surface area (Å²) < 4.78 is 5.05. The van der Waals surface area contributed by atoms with Crippen LogP contribution in [0.2, 0.25) is 0 Å². The van der Waals surface area contributed by atoms with Gasteiger partial charge in [0.25, 0.3) is 0 Å². The van der Waals surface area contributed by atoms with E-state index in [2.05, 4.69) is 5.32 Å². The predicted octanol–water partition coefficient (Wildman–Crippen LogP) is 1.26. The van der Waals surface area contributed by atoms with Crippen molar-refractivity contribution >= 4 is 12.2 Å². The molecule has 92 valence electrons. The average Bonchev–Trinajstić information content (AvgIpc) is 2.52. The molecule has 0 bridgehead atoms. The first-order valence-electron chi connectivity index (χ1n) is 5.27. The molecular formula is C10H18N2O4. The van der Waals surface area contributed by atoms with Gasteiger partial charge < -0.3 is 15.2 Å². The second kappa shape index (κ2) is 4.69. The van der Waals surface area contributed by atoms with Crippen molar-refractivity contribution in [3.63, 3.8) is 0 Å². The van der Waals surface area contributed by atoms with Gasteiger partial charge in [0.05, 0.1) is 6.04 Å². The summed E-state index contributed by atoms with van der Waals surface area (Å²) in [7, 11) is 0. The Morgan fingerprint density at radius 1 is 1.44 bits per heavy atom. The van der Waals surface area contributed by atoms with Crippen LogP contribution in [0.1, 0.15) is 27.2 Å². The summed E-state index contributed by atoms with van der Waals surface area (Å²) in [5, 5.41) is 12.0. The molecule has 0 saturated carbocycles. The zero-order chi connectivity index (χ0) is 12.3. The minimum atomic E-state index is -1.26. The summed E-state index contributed by atoms with van der Waals surface area (Å²) in [6.07, 6.45) is -1.43. The lowest BCUT2D eigenvalue weighted by Crippen LogP contribution is -2.47. The van der Waals surface area contributed by atoms with E-state index in [1.54, 1.807) is 20.8 Å². The minimum absolute atomic E-state index is 0.327. The van der Waals surface area contributed by atoms with E-state index in [1.807, 2.05) is 0 Å². The highest BCUT2D eigenvalue weighted by Crippen LogP contribution is 2.15. The molecule has 1 aliphatic heterocycles. The molecule has 1 saturated heterocycles. The molecule has 1 atom stereocenters. The number of imide groups is 1. The Balaban J connectivity index is 2.70. The van der Waals surface area contributed by atoms with E-state index >= 15 is 0 Å². The molecule has 0 spiro atoms. The number of carbonyl (C=O) groups excluding carboxylic acids is 1. The number of ether oxygens (including phenoxy) is 1. The van der Waals surface area contributed by atoms with Crippen molar-refractivity contribution in [2.75, 3.05) is 13.1 Å². The van der Waals surface area contributed by atoms with E-state index in [9.17, 15) is 9.59 Å². The van der Waals surface area contributed by atoms with Crippen molar-refractivity contribution < 1.29 is 19.4 Å². The molecule has 0 aliphatic carbocycles. The van der Waals surface area contributed by atoms with Gasteiger partial charge in [-0.05, 0) is 33.7 Å². The molecule has 0 aromatic carbocycles. The maximum Gasteiger partial charge on any atom is 0.420 e. The molecule has 1 aliphatic rings. The summed E-state index contributed by atoms with van der Waals surface area (Å²) in [6.45, 7) is 6.33. The van der Waals surface area contributed by atoms with Crippen LogP contribution in [0.15, 0.2) is 0 Å². The van der Waals surface area contributed by atoms with Crippen LogP contribution in [-0.2, 0) is 4.74 Å². The number of carbonyl (C=O) groups is 2. The Labute approximate surface area is 94.6 Å². The fourth-order valence-electron chi connectivity index (χ4n) is 1.55. The van der Waals surface area contributed by atoms with E-state index in [4.69, 9.17) is 9.84 Å². The first-order chi connectivity index (χ1) is 7.31. The first-order valence-corrected chi connectivity index (χ1v) is 5.27. The second-order valence-corrected chi connectivity index (χ2v) is 4.78. The van der Waals surface area contributed by atoms with Crippen molar-refractivity contribution in [2.24, 2.45) is 0 Å². The Kier molecular flexibility index (Phi) is 3.74. The van der Waals surface area contributed by atoms with Crippen molar-refractivity contribution in [1.82, 2.24) is 10.2 Å². The topological polar surface area (TPSA) is 78.9 Å². The number of rotatable bonds is 1. The predicted molar refractivity (Wildman–Crippen MR) is 57.4 cm³/mol. The Bertz CT molecular complexity index is 279. The number of amides is 2. The van der Waals surface area contributed by atoms with Crippen LogP contribution in [0.3, 0.4) is 0 Å². The van der Waals surface area contributed by atoms with E-state index in [0.29, 0.717) is 13.0 Å². The highest BCUT2D eigenvalue weighted by molar-refractivity contribution is 5.87. The maximum atomic E-state index is 11.7. The largest absolute Gasteiger partial charge is 0.465 e. The molecule has 16 heavy (non-hydrogen) atoms. The Hall–Kier alpha value is -1.30. The molecule has 1 heterocycles. The van der Waals surface area contributed by atoms with Gasteiger partial charge in [0.2, 0.25) is 0 Å². The van der Waals surface area contributed by atoms with Crippen molar-refractivity contribution in [3.8, 4) is 0 Å². The number of nitrogens with one attached hydrogen (secondary N) is 1. The smallest absolute Gasteiger partial charge is 0.420 e. The summed E-state index contributed by atoms with van der Waals surface area (Å²) in [4.78, 5) is 23.5. The molecule has 1 rings (SSSR count). The van der Waals surface area contributed by atoms with Crippen LogP contribution in [-0.4, -0.2) is 46.9 Å². The zero-order valence-corrected chi connectivity index (χ0v) is 9.82. The molecule has 6 heteroatoms. The summed E-state index contributed by atoms with van der Waals surface area (Å²) in [5.41, 5.74) is -0.684. The van der Waals surface area contributed by atoms with Gasteiger partial charge in [-0.25, -0.2) is 14.5 Å². The Morgan fingerprint density at radius 2 is 2.06 bits per heavy atom. The average molecular weight is 230 g/mol. The van der Waals surface area contributed by atoms with Crippen LogP contribution in [0.4, 0.5) is 9.59 Å². The summed E-state index contributed by atoms with van der Waals surface area (Å²) in [6, 6.07) is -0.327. The monoisotopic (exact) mass is 230 g/mol. The third-order valence-electron chi connectivity index (χ3n) is 2.20. The lowest BCUT2D eigenvalue weighted by atomic mass is 10.2. The van der Waals surface area contributed by atoms with Crippen LogP contribution < -0.4 is 5.32 Å². The molecule has 0 unspecified atom stereocenters. The minimum Gasteiger partial charge on any atom is -0.465 e. The van der Waals surface area contributed by atoms with Gasteiger partial charge in [0.15, 0.2) is 0 Å². The third-order valence-corrected chi connectivity index (χ3v) is 2.20. The lowest BCUT2D eigenvalue weighted by molar-refractivity contribution is 0.0205. The molecule has 0 radical (unpaired) electrons. The molecule has 2 N–H and O–H groups in total. The Morgan fingerprint density at radius 3 is 2.44 bits per heavy atom. The van der Waals surface area contributed by atoms with Gasteiger partial charge in [-0.2, -0.15) is 0 Å². The highest BCUT2D eigenvalue weighted by atomic mass is 16.6. The maximum absolute atomic E-state index is 11.7. The van der Waals surface area contributed by atoms with Crippen molar-refractivity contribution in [2.45, 2.75) is 38.8 Å². The van der Waals surface area contributed by atoms with E-state index in [0.717, 1.165) is 11.4 Å². The van der Waals surface area contributed by atoms with E-state index in [1.165, 1.54) is 0 Å². The van der Waals surface area contributed by atoms with Crippen LogP contribution in [0, 0.1) is 0 Å². The van der Waals surface area contributed by atoms with Gasteiger partial charge in [-0.1, -0.05) is 0 Å². The zero-order valence-electron chi connectivity index (χ0n) is 9.82. The summed E-state index contributed by atoms with van der Waals surface area (Å²) >= 11 is 0. The number of carboxylic acid groups (broad SMARTS) is 1. The SMILES string of the molecule is CC(C)(C)OC(=O)N(C(=O)O)[C@@H]1CCNC1. The normalized spacial score (nSPS) is 20.6. The third kappa shape index (κ3) is 3.37. The van der Waals surface area contributed by atoms with Crippen LogP contribution >= 0.6 is 0 Å². The molecule has 0 aromatic heterocycles. The molecule has 2 amide bonds. The molecule has 6 nitrogen and oxygen atoms in total. The summed E-state index contributed by atoms with van der Waals surface area (Å²) in [5.74, 6) is 0. The molecular weight excluding hydrogens is 212 g/mol. The fraction of sp³-hybridized carbons (Fsp3) is 0.800. The van der Waals surface area contributed by atoms with E-state index in [-0.39, 0.29) is 6.04 Å².